The fraction of sp³-hybridized carbons (Fsp3) is 0.700. The average Bonchev–Trinajstić information content (AvgIpc) is 3.10. The van der Waals surface area contributed by atoms with Crippen LogP contribution < -0.4 is 11.0 Å². The molecule has 6 nitrogen and oxygen atoms in total. The van der Waals surface area contributed by atoms with Gasteiger partial charge in [-0.2, -0.15) is 5.26 Å². The Bertz CT molecular complexity index is 470. The highest BCUT2D eigenvalue weighted by atomic mass is 32.2. The summed E-state index contributed by atoms with van der Waals surface area (Å²) in [5.41, 5.74) is -0.125. The zero-order valence-corrected chi connectivity index (χ0v) is 10.5. The lowest BCUT2D eigenvalue weighted by molar-refractivity contribution is 0.638. The van der Waals surface area contributed by atoms with Crippen LogP contribution in [0.2, 0.25) is 0 Å². The monoisotopic (exact) mass is 253 g/mol. The van der Waals surface area contributed by atoms with E-state index in [1.165, 1.54) is 11.8 Å². The number of rotatable bonds is 6. The zero-order valence-electron chi connectivity index (χ0n) is 9.64. The Labute approximate surface area is 103 Å². The van der Waals surface area contributed by atoms with Gasteiger partial charge in [0.15, 0.2) is 5.16 Å². The Hall–Kier alpha value is -1.26. The molecule has 2 N–H and O–H groups in total. The van der Waals surface area contributed by atoms with Crippen molar-refractivity contribution in [1.82, 2.24) is 20.1 Å². The van der Waals surface area contributed by atoms with Gasteiger partial charge in [-0.05, 0) is 26.3 Å². The molecule has 0 spiro atoms. The largest absolute Gasteiger partial charge is 0.344 e. The van der Waals surface area contributed by atoms with Crippen LogP contribution in [0.1, 0.15) is 25.3 Å². The van der Waals surface area contributed by atoms with E-state index in [-0.39, 0.29) is 11.7 Å². The Morgan fingerprint density at radius 1 is 1.76 bits per heavy atom. The van der Waals surface area contributed by atoms with Crippen molar-refractivity contribution >= 4 is 11.8 Å². The predicted molar refractivity (Wildman–Crippen MR) is 64.9 cm³/mol. The lowest BCUT2D eigenvalue weighted by atomic mass is 10.3. The molecule has 0 aromatic carbocycles. The van der Waals surface area contributed by atoms with Crippen LogP contribution in [-0.2, 0) is 0 Å². The van der Waals surface area contributed by atoms with E-state index in [0.29, 0.717) is 6.04 Å². The fourth-order valence-electron chi connectivity index (χ4n) is 1.59. The van der Waals surface area contributed by atoms with Gasteiger partial charge in [-0.3, -0.25) is 4.57 Å². The van der Waals surface area contributed by atoms with Gasteiger partial charge in [-0.15, -0.1) is 5.10 Å². The molecule has 1 aromatic rings. The summed E-state index contributed by atoms with van der Waals surface area (Å²) in [6.07, 6.45) is 2.86. The molecule has 1 aromatic heterocycles. The first-order valence-electron chi connectivity index (χ1n) is 5.63. The number of nitrogens with one attached hydrogen (secondary N) is 2. The molecule has 0 saturated heterocycles. The predicted octanol–water partition coefficient (Wildman–Crippen LogP) is 0.500. The molecule has 7 heteroatoms. The number of nitrogens with zero attached hydrogens (tertiary/aromatic N) is 3. The first-order chi connectivity index (χ1) is 8.26. The van der Waals surface area contributed by atoms with E-state index in [4.69, 9.17) is 5.26 Å². The normalized spacial score (nSPS) is 16.7. The van der Waals surface area contributed by atoms with E-state index in [0.717, 1.165) is 30.2 Å². The van der Waals surface area contributed by atoms with Crippen LogP contribution >= 0.6 is 11.8 Å². The third kappa shape index (κ3) is 2.90. The molecule has 92 valence electrons. The summed E-state index contributed by atoms with van der Waals surface area (Å²) in [5.74, 6) is 0.774. The van der Waals surface area contributed by atoms with Gasteiger partial charge in [0.25, 0.3) is 0 Å². The maximum atomic E-state index is 11.5. The van der Waals surface area contributed by atoms with Crippen LogP contribution in [-0.4, -0.2) is 33.6 Å². The van der Waals surface area contributed by atoms with Crippen LogP contribution in [0.25, 0.3) is 0 Å². The maximum Gasteiger partial charge on any atom is 0.344 e. The van der Waals surface area contributed by atoms with Gasteiger partial charge in [0.05, 0.1) is 12.1 Å². The SMILES string of the molecule is CNC(C#N)CCSc1n[nH]c(=O)n1C1CC1. The Morgan fingerprint density at radius 2 is 2.53 bits per heavy atom. The van der Waals surface area contributed by atoms with Crippen LogP contribution in [0, 0.1) is 11.3 Å². The van der Waals surface area contributed by atoms with Crippen LogP contribution in [0.4, 0.5) is 0 Å². The molecule has 1 atom stereocenters. The van der Waals surface area contributed by atoms with E-state index in [2.05, 4.69) is 21.6 Å². The number of H-pyrrole nitrogens is 1. The van der Waals surface area contributed by atoms with Crippen LogP contribution in [0.5, 0.6) is 0 Å². The molecule has 1 heterocycles. The topological polar surface area (TPSA) is 86.5 Å². The molecule has 1 aliphatic carbocycles. The molecular weight excluding hydrogens is 238 g/mol. The van der Waals surface area contributed by atoms with Crippen molar-refractivity contribution in [2.24, 2.45) is 0 Å². The van der Waals surface area contributed by atoms with Gasteiger partial charge in [0, 0.05) is 11.8 Å². The highest BCUT2D eigenvalue weighted by molar-refractivity contribution is 7.99. The first-order valence-corrected chi connectivity index (χ1v) is 6.61. The summed E-state index contributed by atoms with van der Waals surface area (Å²) in [5, 5.41) is 18.9. The number of thioether (sulfide) groups is 1. The summed E-state index contributed by atoms with van der Waals surface area (Å²) >= 11 is 1.52. The zero-order chi connectivity index (χ0) is 12.3. The lowest BCUT2D eigenvalue weighted by Crippen LogP contribution is -2.23. The van der Waals surface area contributed by atoms with E-state index in [9.17, 15) is 4.79 Å². The minimum atomic E-state index is -0.137. The minimum absolute atomic E-state index is 0.125. The first kappa shape index (κ1) is 12.2. The summed E-state index contributed by atoms with van der Waals surface area (Å²) in [6, 6.07) is 2.37. The molecule has 0 bridgehead atoms. The Kier molecular flexibility index (Phi) is 3.86. The van der Waals surface area contributed by atoms with Crippen molar-refractivity contribution in [2.75, 3.05) is 12.8 Å². The molecule has 17 heavy (non-hydrogen) atoms. The summed E-state index contributed by atoms with van der Waals surface area (Å²) < 4.78 is 1.73. The fourth-order valence-corrected chi connectivity index (χ4v) is 2.61. The van der Waals surface area contributed by atoms with Crippen molar-refractivity contribution in [2.45, 2.75) is 36.5 Å². The van der Waals surface area contributed by atoms with E-state index in [1.54, 1.807) is 11.6 Å². The van der Waals surface area contributed by atoms with Gasteiger partial charge in [-0.1, -0.05) is 11.8 Å². The second-order valence-corrected chi connectivity index (χ2v) is 5.08. The van der Waals surface area contributed by atoms with Crippen molar-refractivity contribution in [1.29, 1.82) is 5.26 Å². The van der Waals surface area contributed by atoms with Gasteiger partial charge < -0.3 is 5.32 Å². The highest BCUT2D eigenvalue weighted by Crippen LogP contribution is 2.36. The van der Waals surface area contributed by atoms with Crippen molar-refractivity contribution < 1.29 is 0 Å². The van der Waals surface area contributed by atoms with Crippen molar-refractivity contribution in [3.05, 3.63) is 10.5 Å². The van der Waals surface area contributed by atoms with E-state index in [1.807, 2.05) is 0 Å². The van der Waals surface area contributed by atoms with E-state index >= 15 is 0 Å². The molecule has 1 aliphatic rings. The highest BCUT2D eigenvalue weighted by Gasteiger charge is 2.28. The molecule has 2 rings (SSSR count). The second kappa shape index (κ2) is 5.38. The lowest BCUT2D eigenvalue weighted by Gasteiger charge is -2.06. The van der Waals surface area contributed by atoms with Crippen LogP contribution in [0.3, 0.4) is 0 Å². The molecular formula is C10H15N5OS. The Morgan fingerprint density at radius 3 is 3.12 bits per heavy atom. The van der Waals surface area contributed by atoms with Gasteiger partial charge in [0.2, 0.25) is 0 Å². The number of hydrogen-bond donors (Lipinski definition) is 2. The van der Waals surface area contributed by atoms with E-state index < -0.39 is 0 Å². The molecule has 0 radical (unpaired) electrons. The molecule has 0 aliphatic heterocycles. The molecule has 1 fully saturated rings. The van der Waals surface area contributed by atoms with Gasteiger partial charge in [0.1, 0.15) is 0 Å². The number of hydrogen-bond acceptors (Lipinski definition) is 5. The minimum Gasteiger partial charge on any atom is -0.305 e. The van der Waals surface area contributed by atoms with Gasteiger partial charge in [-0.25, -0.2) is 9.89 Å². The molecule has 0 amide bonds. The van der Waals surface area contributed by atoms with Crippen molar-refractivity contribution in [3.8, 4) is 6.07 Å². The maximum absolute atomic E-state index is 11.5. The third-order valence-electron chi connectivity index (χ3n) is 2.73. The number of nitriles is 1. The standard InChI is InChI=1S/C10H15N5OS/c1-12-7(6-11)4-5-17-10-14-13-9(16)15(10)8-2-3-8/h7-8,12H,2-5H2,1H3,(H,13,16). The summed E-state index contributed by atoms with van der Waals surface area (Å²) in [4.78, 5) is 11.5. The summed E-state index contributed by atoms with van der Waals surface area (Å²) in [6.45, 7) is 0. The number of aromatic nitrogens is 3. The smallest absolute Gasteiger partial charge is 0.305 e. The molecule has 1 unspecified atom stereocenters. The van der Waals surface area contributed by atoms with Crippen LogP contribution in [0.15, 0.2) is 9.95 Å². The summed E-state index contributed by atoms with van der Waals surface area (Å²) in [7, 11) is 1.77. The second-order valence-electron chi connectivity index (χ2n) is 4.02. The van der Waals surface area contributed by atoms with Gasteiger partial charge >= 0.3 is 5.69 Å². The number of aromatic amines is 1. The Balaban J connectivity index is 1.91. The van der Waals surface area contributed by atoms with Crippen molar-refractivity contribution in [3.63, 3.8) is 0 Å². The average molecular weight is 253 g/mol. The quantitative estimate of drug-likeness (QED) is 0.721. The molecule has 1 saturated carbocycles. The third-order valence-corrected chi connectivity index (χ3v) is 3.71.